The SMILES string of the molecule is CC(=Nc1cc2cnn(CC(F)(F)C(F)(F)F)c2cn1)c1ccc(N(C)C)cc1N. The van der Waals surface area contributed by atoms with Crippen molar-refractivity contribution in [2.75, 3.05) is 24.7 Å². The van der Waals surface area contributed by atoms with Crippen LogP contribution in [0.15, 0.2) is 41.7 Å². The van der Waals surface area contributed by atoms with E-state index in [-0.39, 0.29) is 11.3 Å². The molecule has 0 unspecified atom stereocenters. The maximum Gasteiger partial charge on any atom is 0.455 e. The molecule has 0 fully saturated rings. The number of fused-ring (bicyclic) bond motifs is 1. The first-order chi connectivity index (χ1) is 13.9. The monoisotopic (exact) mass is 426 g/mol. The van der Waals surface area contributed by atoms with Gasteiger partial charge in [-0.3, -0.25) is 4.68 Å². The van der Waals surface area contributed by atoms with Gasteiger partial charge in [0.05, 0.1) is 17.9 Å². The first kappa shape index (κ1) is 21.5. The highest BCUT2D eigenvalue weighted by molar-refractivity contribution is 6.04. The Morgan fingerprint density at radius 1 is 1.13 bits per heavy atom. The lowest BCUT2D eigenvalue weighted by Crippen LogP contribution is -2.40. The Bertz CT molecular complexity index is 1100. The van der Waals surface area contributed by atoms with Crippen LogP contribution in [0.25, 0.3) is 10.9 Å². The number of nitrogens with zero attached hydrogens (tertiary/aromatic N) is 5. The van der Waals surface area contributed by atoms with Crippen molar-refractivity contribution >= 4 is 33.8 Å². The molecule has 160 valence electrons. The molecule has 3 rings (SSSR count). The van der Waals surface area contributed by atoms with E-state index in [1.807, 2.05) is 31.1 Å². The number of aliphatic imine (C=N–C) groups is 1. The molecule has 30 heavy (non-hydrogen) atoms. The lowest BCUT2D eigenvalue weighted by Gasteiger charge is -2.19. The smallest absolute Gasteiger partial charge is 0.398 e. The lowest BCUT2D eigenvalue weighted by molar-refractivity contribution is -0.287. The highest BCUT2D eigenvalue weighted by Gasteiger charge is 2.57. The first-order valence-corrected chi connectivity index (χ1v) is 8.77. The second-order valence-electron chi connectivity index (χ2n) is 6.97. The number of rotatable bonds is 5. The van der Waals surface area contributed by atoms with Crippen LogP contribution in [0.5, 0.6) is 0 Å². The highest BCUT2D eigenvalue weighted by Crippen LogP contribution is 2.37. The first-order valence-electron chi connectivity index (χ1n) is 8.77. The molecule has 0 spiro atoms. The summed E-state index contributed by atoms with van der Waals surface area (Å²) in [5.74, 6) is -4.66. The number of pyridine rings is 1. The summed E-state index contributed by atoms with van der Waals surface area (Å²) in [7, 11) is 3.78. The van der Waals surface area contributed by atoms with Crippen molar-refractivity contribution in [3.05, 3.63) is 42.2 Å². The number of alkyl halides is 5. The molecule has 6 nitrogen and oxygen atoms in total. The third-order valence-corrected chi connectivity index (χ3v) is 4.50. The van der Waals surface area contributed by atoms with E-state index in [0.29, 0.717) is 27.0 Å². The Morgan fingerprint density at radius 3 is 2.43 bits per heavy atom. The van der Waals surface area contributed by atoms with Crippen molar-refractivity contribution < 1.29 is 22.0 Å². The van der Waals surface area contributed by atoms with Gasteiger partial charge in [0, 0.05) is 42.1 Å². The molecule has 3 aromatic rings. The molecule has 0 bridgehead atoms. The maximum atomic E-state index is 13.3. The molecule has 0 aliphatic rings. The zero-order chi connectivity index (χ0) is 22.3. The van der Waals surface area contributed by atoms with E-state index in [1.165, 1.54) is 18.5 Å². The Morgan fingerprint density at radius 2 is 1.83 bits per heavy atom. The molecule has 0 saturated heterocycles. The second kappa shape index (κ2) is 7.54. The summed E-state index contributed by atoms with van der Waals surface area (Å²) in [6.45, 7) is 0.109. The standard InChI is InChI=1S/C19H19F5N6/c1-11(14-5-4-13(29(2)3)7-15(14)25)28-17-6-12-8-27-30(16(12)9-26-17)10-18(20,21)19(22,23)24/h4-9H,10,25H2,1-3H3. The number of hydrogen-bond donors (Lipinski definition) is 1. The van der Waals surface area contributed by atoms with Crippen LogP contribution in [0, 0.1) is 0 Å². The van der Waals surface area contributed by atoms with Crippen molar-refractivity contribution in [3.63, 3.8) is 0 Å². The molecule has 2 heterocycles. The summed E-state index contributed by atoms with van der Waals surface area (Å²) >= 11 is 0. The minimum absolute atomic E-state index is 0.0466. The molecule has 2 N–H and O–H groups in total. The van der Waals surface area contributed by atoms with E-state index in [1.54, 1.807) is 13.0 Å². The highest BCUT2D eigenvalue weighted by atomic mass is 19.4. The average Bonchev–Trinajstić information content (AvgIpc) is 3.02. The van der Waals surface area contributed by atoms with E-state index < -0.39 is 18.6 Å². The van der Waals surface area contributed by atoms with Gasteiger partial charge in [-0.1, -0.05) is 0 Å². The van der Waals surface area contributed by atoms with Crippen LogP contribution in [0.2, 0.25) is 0 Å². The van der Waals surface area contributed by atoms with Gasteiger partial charge in [-0.05, 0) is 31.2 Å². The molecule has 0 atom stereocenters. The second-order valence-corrected chi connectivity index (χ2v) is 6.97. The predicted octanol–water partition coefficient (Wildman–Crippen LogP) is 4.42. The number of aromatic nitrogens is 3. The van der Waals surface area contributed by atoms with Gasteiger partial charge >= 0.3 is 12.1 Å². The Kier molecular flexibility index (Phi) is 5.40. The molecular weight excluding hydrogens is 407 g/mol. The van der Waals surface area contributed by atoms with Crippen LogP contribution in [0.1, 0.15) is 12.5 Å². The summed E-state index contributed by atoms with van der Waals surface area (Å²) < 4.78 is 64.6. The van der Waals surface area contributed by atoms with E-state index >= 15 is 0 Å². The molecule has 11 heteroatoms. The average molecular weight is 426 g/mol. The van der Waals surface area contributed by atoms with Crippen molar-refractivity contribution in [2.24, 2.45) is 4.99 Å². The van der Waals surface area contributed by atoms with Crippen molar-refractivity contribution in [3.8, 4) is 0 Å². The van der Waals surface area contributed by atoms with Gasteiger partial charge in [0.25, 0.3) is 0 Å². The van der Waals surface area contributed by atoms with Crippen LogP contribution < -0.4 is 10.6 Å². The molecule has 0 radical (unpaired) electrons. The van der Waals surface area contributed by atoms with Gasteiger partial charge in [-0.25, -0.2) is 9.98 Å². The molecule has 0 amide bonds. The summed E-state index contributed by atoms with van der Waals surface area (Å²) in [5, 5.41) is 3.97. The lowest BCUT2D eigenvalue weighted by atomic mass is 10.1. The van der Waals surface area contributed by atoms with Gasteiger partial charge in [-0.15, -0.1) is 0 Å². The van der Waals surface area contributed by atoms with Gasteiger partial charge in [0.1, 0.15) is 6.54 Å². The van der Waals surface area contributed by atoms with Crippen LogP contribution in [0.4, 0.5) is 39.1 Å². The van der Waals surface area contributed by atoms with E-state index in [0.717, 1.165) is 5.69 Å². The topological polar surface area (TPSA) is 72.3 Å². The fourth-order valence-electron chi connectivity index (χ4n) is 2.82. The summed E-state index contributed by atoms with van der Waals surface area (Å²) in [6, 6.07) is 6.96. The third kappa shape index (κ3) is 4.19. The number of benzene rings is 1. The van der Waals surface area contributed by atoms with Crippen molar-refractivity contribution in [1.82, 2.24) is 14.8 Å². The molecule has 0 aliphatic carbocycles. The summed E-state index contributed by atoms with van der Waals surface area (Å²) in [5.41, 5.74) is 8.85. The van der Waals surface area contributed by atoms with E-state index in [2.05, 4.69) is 15.1 Å². The van der Waals surface area contributed by atoms with Crippen molar-refractivity contribution in [2.45, 2.75) is 25.6 Å². The zero-order valence-electron chi connectivity index (χ0n) is 16.4. The number of halogens is 5. The largest absolute Gasteiger partial charge is 0.455 e. The van der Waals surface area contributed by atoms with Crippen LogP contribution >= 0.6 is 0 Å². The van der Waals surface area contributed by atoms with Gasteiger partial charge in [-0.2, -0.15) is 27.1 Å². The molecular formula is C19H19F5N6. The normalized spacial score (nSPS) is 13.1. The molecule has 1 aromatic carbocycles. The minimum atomic E-state index is -5.66. The summed E-state index contributed by atoms with van der Waals surface area (Å²) in [6.07, 6.45) is -3.31. The Balaban J connectivity index is 1.90. The number of nitrogen functional groups attached to an aromatic ring is 1. The zero-order valence-corrected chi connectivity index (χ0v) is 16.4. The molecule has 0 saturated carbocycles. The van der Waals surface area contributed by atoms with Crippen molar-refractivity contribution in [1.29, 1.82) is 0 Å². The number of hydrogen-bond acceptors (Lipinski definition) is 5. The third-order valence-electron chi connectivity index (χ3n) is 4.50. The molecule has 2 aromatic heterocycles. The summed E-state index contributed by atoms with van der Waals surface area (Å²) in [4.78, 5) is 10.3. The van der Waals surface area contributed by atoms with Gasteiger partial charge < -0.3 is 10.6 Å². The van der Waals surface area contributed by atoms with Crippen LogP contribution in [-0.4, -0.2) is 46.7 Å². The van der Waals surface area contributed by atoms with E-state index in [4.69, 9.17) is 5.73 Å². The quantitative estimate of drug-likeness (QED) is 0.373. The van der Waals surface area contributed by atoms with Gasteiger partial charge in [0.15, 0.2) is 5.82 Å². The number of nitrogens with two attached hydrogens (primary N) is 1. The minimum Gasteiger partial charge on any atom is -0.398 e. The van der Waals surface area contributed by atoms with Crippen LogP contribution in [-0.2, 0) is 6.54 Å². The Labute approximate surface area is 168 Å². The van der Waals surface area contributed by atoms with Gasteiger partial charge in [0.2, 0.25) is 0 Å². The fourth-order valence-corrected chi connectivity index (χ4v) is 2.82. The maximum absolute atomic E-state index is 13.3. The number of anilines is 2. The fraction of sp³-hybridized carbons (Fsp3) is 0.316. The molecule has 0 aliphatic heterocycles. The predicted molar refractivity (Wildman–Crippen MR) is 106 cm³/mol. The Hall–Kier alpha value is -3.24. The van der Waals surface area contributed by atoms with Crippen LogP contribution in [0.3, 0.4) is 0 Å². The van der Waals surface area contributed by atoms with E-state index in [9.17, 15) is 22.0 Å².